The van der Waals surface area contributed by atoms with Crippen molar-refractivity contribution in [3.8, 4) is 5.75 Å². The van der Waals surface area contributed by atoms with E-state index in [1.54, 1.807) is 0 Å². The van der Waals surface area contributed by atoms with Crippen molar-refractivity contribution in [2.45, 2.75) is 6.42 Å². The second-order valence-electron chi connectivity index (χ2n) is 4.75. The minimum absolute atomic E-state index is 0.0391. The number of nitrogens with one attached hydrogen (secondary N) is 1. The normalized spacial score (nSPS) is 21.2. The molecule has 19 heavy (non-hydrogen) atoms. The molecule has 7 heteroatoms. The lowest BCUT2D eigenvalue weighted by atomic mass is 10.1. The number of hydrogen-bond acceptors (Lipinski definition) is 5. The van der Waals surface area contributed by atoms with E-state index in [9.17, 15) is 18.3 Å². The molecule has 0 bridgehead atoms. The molecule has 1 aliphatic heterocycles. The number of rotatable bonds is 3. The number of phenolic OH excluding ortho intramolecular Hbond substituents is 1. The van der Waals surface area contributed by atoms with E-state index in [-0.39, 0.29) is 34.4 Å². The highest BCUT2D eigenvalue weighted by atomic mass is 32.2. The van der Waals surface area contributed by atoms with Crippen molar-refractivity contribution >= 4 is 21.4 Å². The number of phenols is 1. The Morgan fingerprint density at radius 1 is 1.47 bits per heavy atom. The van der Waals surface area contributed by atoms with Gasteiger partial charge in [0.1, 0.15) is 5.75 Å². The average Bonchev–Trinajstić information content (AvgIpc) is 2.69. The summed E-state index contributed by atoms with van der Waals surface area (Å²) in [5.41, 5.74) is 6.12. The van der Waals surface area contributed by atoms with Gasteiger partial charge in [0.2, 0.25) is 0 Å². The molecule has 4 N–H and O–H groups in total. The number of benzene rings is 1. The molecule has 1 atom stereocenters. The molecule has 6 nitrogen and oxygen atoms in total. The third-order valence-corrected chi connectivity index (χ3v) is 5.00. The summed E-state index contributed by atoms with van der Waals surface area (Å²) in [6, 6.07) is 4.13. The number of carbonyl (C=O) groups is 1. The maximum absolute atomic E-state index is 11.9. The van der Waals surface area contributed by atoms with Gasteiger partial charge in [-0.15, -0.1) is 0 Å². The molecule has 1 aromatic carbocycles. The zero-order chi connectivity index (χ0) is 14.0. The van der Waals surface area contributed by atoms with Gasteiger partial charge < -0.3 is 16.2 Å². The van der Waals surface area contributed by atoms with Gasteiger partial charge in [-0.05, 0) is 30.5 Å². The summed E-state index contributed by atoms with van der Waals surface area (Å²) in [6.45, 7) is 0.299. The molecule has 1 heterocycles. The fourth-order valence-electron chi connectivity index (χ4n) is 2.11. The Morgan fingerprint density at radius 2 is 2.21 bits per heavy atom. The van der Waals surface area contributed by atoms with Crippen LogP contribution in [0.25, 0.3) is 0 Å². The SMILES string of the molecule is Nc1ccc(O)cc1C(=O)NCC1CCS(=O)(=O)C1. The van der Waals surface area contributed by atoms with Crippen molar-refractivity contribution in [1.29, 1.82) is 0 Å². The Labute approximate surface area is 111 Å². The van der Waals surface area contributed by atoms with Crippen LogP contribution >= 0.6 is 0 Å². The molecule has 1 unspecified atom stereocenters. The predicted octanol–water partition coefficient (Wildman–Crippen LogP) is 0.139. The third kappa shape index (κ3) is 3.37. The van der Waals surface area contributed by atoms with Gasteiger partial charge in [0.25, 0.3) is 5.91 Å². The highest BCUT2D eigenvalue weighted by Gasteiger charge is 2.28. The summed E-state index contributed by atoms with van der Waals surface area (Å²) >= 11 is 0. The zero-order valence-electron chi connectivity index (χ0n) is 10.3. The van der Waals surface area contributed by atoms with Gasteiger partial charge in [0.15, 0.2) is 9.84 Å². The van der Waals surface area contributed by atoms with Crippen LogP contribution in [0.5, 0.6) is 5.75 Å². The summed E-state index contributed by atoms with van der Waals surface area (Å²) in [4.78, 5) is 11.9. The van der Waals surface area contributed by atoms with Gasteiger partial charge in [-0.3, -0.25) is 4.79 Å². The molecule has 1 aliphatic rings. The smallest absolute Gasteiger partial charge is 0.253 e. The van der Waals surface area contributed by atoms with Crippen LogP contribution in [-0.2, 0) is 9.84 Å². The Kier molecular flexibility index (Phi) is 3.66. The van der Waals surface area contributed by atoms with Gasteiger partial charge in [-0.2, -0.15) is 0 Å². The summed E-state index contributed by atoms with van der Waals surface area (Å²) in [7, 11) is -2.94. The third-order valence-electron chi connectivity index (χ3n) is 3.16. The number of nitrogen functional groups attached to an aromatic ring is 1. The standard InChI is InChI=1S/C12H16N2O4S/c13-11-2-1-9(15)5-10(11)12(16)14-6-8-3-4-19(17,18)7-8/h1-2,5,8,15H,3-4,6-7,13H2,(H,14,16). The van der Waals surface area contributed by atoms with Crippen LogP contribution in [0.3, 0.4) is 0 Å². The van der Waals surface area contributed by atoms with Crippen molar-refractivity contribution in [2.75, 3.05) is 23.8 Å². The molecule has 0 aromatic heterocycles. The molecular formula is C12H16N2O4S. The molecule has 1 aromatic rings. The minimum atomic E-state index is -2.94. The number of carbonyl (C=O) groups excluding carboxylic acids is 1. The van der Waals surface area contributed by atoms with E-state index < -0.39 is 15.7 Å². The molecule has 1 amide bonds. The van der Waals surface area contributed by atoms with Crippen molar-refractivity contribution < 1.29 is 18.3 Å². The first-order valence-corrected chi connectivity index (χ1v) is 7.76. The van der Waals surface area contributed by atoms with Crippen LogP contribution in [0.4, 0.5) is 5.69 Å². The van der Waals surface area contributed by atoms with Crippen LogP contribution in [0.15, 0.2) is 18.2 Å². The first-order valence-electron chi connectivity index (χ1n) is 5.94. The van der Waals surface area contributed by atoms with E-state index in [2.05, 4.69) is 5.32 Å². The van der Waals surface area contributed by atoms with Crippen LogP contribution in [0.2, 0.25) is 0 Å². The Balaban J connectivity index is 1.97. The van der Waals surface area contributed by atoms with Gasteiger partial charge in [-0.1, -0.05) is 0 Å². The van der Waals surface area contributed by atoms with Gasteiger partial charge in [0.05, 0.1) is 17.1 Å². The van der Waals surface area contributed by atoms with Gasteiger partial charge in [-0.25, -0.2) is 8.42 Å². The molecule has 1 saturated heterocycles. The lowest BCUT2D eigenvalue weighted by Crippen LogP contribution is -2.30. The number of sulfone groups is 1. The van der Waals surface area contributed by atoms with E-state index in [4.69, 9.17) is 5.73 Å². The van der Waals surface area contributed by atoms with Crippen molar-refractivity contribution in [1.82, 2.24) is 5.32 Å². The van der Waals surface area contributed by atoms with E-state index in [1.807, 2.05) is 0 Å². The van der Waals surface area contributed by atoms with Crippen molar-refractivity contribution in [3.63, 3.8) is 0 Å². The van der Waals surface area contributed by atoms with Crippen LogP contribution in [0.1, 0.15) is 16.8 Å². The summed E-state index contributed by atoms with van der Waals surface area (Å²) in [6.07, 6.45) is 0.568. The fraction of sp³-hybridized carbons (Fsp3) is 0.417. The Hall–Kier alpha value is -1.76. The van der Waals surface area contributed by atoms with E-state index >= 15 is 0 Å². The van der Waals surface area contributed by atoms with Crippen LogP contribution < -0.4 is 11.1 Å². The topological polar surface area (TPSA) is 109 Å². The molecule has 0 radical (unpaired) electrons. The fourth-order valence-corrected chi connectivity index (χ4v) is 3.97. The second-order valence-corrected chi connectivity index (χ2v) is 6.98. The largest absolute Gasteiger partial charge is 0.508 e. The maximum Gasteiger partial charge on any atom is 0.253 e. The second kappa shape index (κ2) is 5.08. The van der Waals surface area contributed by atoms with Gasteiger partial charge >= 0.3 is 0 Å². The summed E-state index contributed by atoms with van der Waals surface area (Å²) in [5.74, 6) is -0.196. The predicted molar refractivity (Wildman–Crippen MR) is 71.6 cm³/mol. The number of aromatic hydroxyl groups is 1. The lowest BCUT2D eigenvalue weighted by Gasteiger charge is -2.11. The van der Waals surface area contributed by atoms with Crippen LogP contribution in [0, 0.1) is 5.92 Å². The number of amides is 1. The first kappa shape index (κ1) is 13.7. The molecular weight excluding hydrogens is 268 g/mol. The first-order chi connectivity index (χ1) is 8.87. The summed E-state index contributed by atoms with van der Waals surface area (Å²) in [5, 5.41) is 12.0. The van der Waals surface area contributed by atoms with Crippen molar-refractivity contribution in [3.05, 3.63) is 23.8 Å². The molecule has 1 fully saturated rings. The Bertz CT molecular complexity index is 598. The minimum Gasteiger partial charge on any atom is -0.508 e. The molecule has 2 rings (SSSR count). The highest BCUT2D eigenvalue weighted by Crippen LogP contribution is 2.20. The Morgan fingerprint density at radius 3 is 2.84 bits per heavy atom. The number of nitrogens with two attached hydrogens (primary N) is 1. The molecule has 104 valence electrons. The summed E-state index contributed by atoms with van der Waals surface area (Å²) < 4.78 is 22.6. The monoisotopic (exact) mass is 284 g/mol. The van der Waals surface area contributed by atoms with Crippen LogP contribution in [-0.4, -0.2) is 37.5 Å². The number of hydrogen-bond donors (Lipinski definition) is 3. The quantitative estimate of drug-likeness (QED) is 0.540. The lowest BCUT2D eigenvalue weighted by molar-refractivity contribution is 0.0949. The van der Waals surface area contributed by atoms with Crippen molar-refractivity contribution in [2.24, 2.45) is 5.92 Å². The zero-order valence-corrected chi connectivity index (χ0v) is 11.1. The molecule has 0 spiro atoms. The molecule has 0 aliphatic carbocycles. The highest BCUT2D eigenvalue weighted by molar-refractivity contribution is 7.91. The van der Waals surface area contributed by atoms with E-state index in [0.29, 0.717) is 13.0 Å². The van der Waals surface area contributed by atoms with Gasteiger partial charge in [0, 0.05) is 12.2 Å². The molecule has 0 saturated carbocycles. The van der Waals surface area contributed by atoms with E-state index in [0.717, 1.165) is 0 Å². The number of anilines is 1. The average molecular weight is 284 g/mol. The maximum atomic E-state index is 11.9. The van der Waals surface area contributed by atoms with E-state index in [1.165, 1.54) is 18.2 Å².